The van der Waals surface area contributed by atoms with E-state index in [-0.39, 0.29) is 11.8 Å². The zero-order valence-corrected chi connectivity index (χ0v) is 9.87. The summed E-state index contributed by atoms with van der Waals surface area (Å²) in [4.78, 5) is 24.6. The van der Waals surface area contributed by atoms with Gasteiger partial charge in [-0.15, -0.1) is 0 Å². The Balaban J connectivity index is 2.63. The first-order chi connectivity index (χ1) is 6.81. The number of carbonyl (C=O) groups is 2. The van der Waals surface area contributed by atoms with E-state index < -0.39 is 11.7 Å². The fraction of sp³-hybridized carbons (Fsp3) is 0.818. The molecule has 0 radical (unpaired) electrons. The van der Waals surface area contributed by atoms with Crippen molar-refractivity contribution < 1.29 is 14.3 Å². The van der Waals surface area contributed by atoms with Crippen molar-refractivity contribution in [1.82, 2.24) is 4.90 Å². The van der Waals surface area contributed by atoms with E-state index in [1.165, 1.54) is 4.90 Å². The second-order valence-corrected chi connectivity index (χ2v) is 5.01. The third kappa shape index (κ3) is 3.22. The van der Waals surface area contributed by atoms with Crippen molar-refractivity contribution >= 4 is 12.0 Å². The van der Waals surface area contributed by atoms with Crippen LogP contribution in [0.2, 0.25) is 0 Å². The van der Waals surface area contributed by atoms with Crippen LogP contribution in [0.15, 0.2) is 0 Å². The molecule has 4 nitrogen and oxygen atoms in total. The van der Waals surface area contributed by atoms with Gasteiger partial charge in [-0.05, 0) is 33.6 Å². The zero-order valence-electron chi connectivity index (χ0n) is 9.87. The number of piperidine rings is 1. The number of ether oxygens (including phenoxy) is 1. The summed E-state index contributed by atoms with van der Waals surface area (Å²) in [5, 5.41) is 0. The number of likely N-dealkylation sites (tertiary alicyclic amines) is 1. The van der Waals surface area contributed by atoms with Gasteiger partial charge in [0.05, 0.1) is 0 Å². The van der Waals surface area contributed by atoms with Gasteiger partial charge in [-0.2, -0.15) is 0 Å². The molecule has 1 aliphatic rings. The predicted molar refractivity (Wildman–Crippen MR) is 56.3 cm³/mol. The number of hydrogen-bond acceptors (Lipinski definition) is 3. The van der Waals surface area contributed by atoms with Gasteiger partial charge in [-0.25, -0.2) is 9.69 Å². The van der Waals surface area contributed by atoms with Gasteiger partial charge >= 0.3 is 6.09 Å². The summed E-state index contributed by atoms with van der Waals surface area (Å²) in [5.41, 5.74) is -0.544. The molecule has 0 aromatic heterocycles. The highest BCUT2D eigenvalue weighted by Crippen LogP contribution is 2.19. The van der Waals surface area contributed by atoms with E-state index in [1.807, 2.05) is 6.92 Å². The lowest BCUT2D eigenvalue weighted by Gasteiger charge is -2.31. The van der Waals surface area contributed by atoms with E-state index >= 15 is 0 Å². The number of hydrogen-bond donors (Lipinski definition) is 0. The largest absolute Gasteiger partial charge is 0.443 e. The van der Waals surface area contributed by atoms with Crippen molar-refractivity contribution in [2.75, 3.05) is 6.54 Å². The van der Waals surface area contributed by atoms with Crippen molar-refractivity contribution in [2.24, 2.45) is 5.92 Å². The highest BCUT2D eigenvalue weighted by atomic mass is 16.6. The van der Waals surface area contributed by atoms with Crippen LogP contribution in [0.4, 0.5) is 4.79 Å². The molecule has 1 unspecified atom stereocenters. The Morgan fingerprint density at radius 1 is 1.47 bits per heavy atom. The van der Waals surface area contributed by atoms with Gasteiger partial charge in [0.25, 0.3) is 0 Å². The minimum Gasteiger partial charge on any atom is -0.443 e. The number of carbonyl (C=O) groups excluding carboxylic acids is 2. The van der Waals surface area contributed by atoms with E-state index in [2.05, 4.69) is 0 Å². The van der Waals surface area contributed by atoms with Gasteiger partial charge in [-0.1, -0.05) is 6.92 Å². The number of rotatable bonds is 0. The second-order valence-electron chi connectivity index (χ2n) is 5.01. The smallest absolute Gasteiger partial charge is 0.417 e. The van der Waals surface area contributed by atoms with Crippen LogP contribution >= 0.6 is 0 Å². The minimum atomic E-state index is -0.544. The maximum atomic E-state index is 11.7. The lowest BCUT2D eigenvalue weighted by Crippen LogP contribution is -2.46. The summed E-state index contributed by atoms with van der Waals surface area (Å²) in [6.45, 7) is 7.71. The topological polar surface area (TPSA) is 46.6 Å². The molecule has 1 rings (SSSR count). The zero-order chi connectivity index (χ0) is 11.6. The molecule has 86 valence electrons. The summed E-state index contributed by atoms with van der Waals surface area (Å²) in [6.07, 6.45) is 1.21. The number of imide groups is 1. The van der Waals surface area contributed by atoms with Crippen LogP contribution in [0.1, 0.15) is 40.5 Å². The van der Waals surface area contributed by atoms with Crippen molar-refractivity contribution in [3.8, 4) is 0 Å². The summed E-state index contributed by atoms with van der Waals surface area (Å²) in [6, 6.07) is 0. The Kier molecular flexibility index (Phi) is 3.37. The molecule has 0 aromatic rings. The summed E-state index contributed by atoms with van der Waals surface area (Å²) >= 11 is 0. The first-order valence-corrected chi connectivity index (χ1v) is 5.35. The second kappa shape index (κ2) is 4.21. The fourth-order valence-electron chi connectivity index (χ4n) is 1.55. The highest BCUT2D eigenvalue weighted by molar-refractivity contribution is 5.93. The van der Waals surface area contributed by atoms with Gasteiger partial charge < -0.3 is 4.74 Å². The van der Waals surface area contributed by atoms with Crippen molar-refractivity contribution in [3.63, 3.8) is 0 Å². The Bertz CT molecular complexity index is 267. The Morgan fingerprint density at radius 3 is 2.60 bits per heavy atom. The molecule has 0 N–H and O–H groups in total. The molecule has 0 aliphatic carbocycles. The van der Waals surface area contributed by atoms with E-state index in [0.29, 0.717) is 6.54 Å². The van der Waals surface area contributed by atoms with Crippen molar-refractivity contribution in [3.05, 3.63) is 0 Å². The number of nitrogens with zero attached hydrogens (tertiary/aromatic N) is 1. The van der Waals surface area contributed by atoms with Crippen molar-refractivity contribution in [2.45, 2.75) is 46.1 Å². The lowest BCUT2D eigenvalue weighted by molar-refractivity contribution is -0.136. The predicted octanol–water partition coefficient (Wildman–Crippen LogP) is 2.18. The molecule has 15 heavy (non-hydrogen) atoms. The molecule has 1 atom stereocenters. The van der Waals surface area contributed by atoms with Gasteiger partial charge in [-0.3, -0.25) is 4.79 Å². The van der Waals surface area contributed by atoms with Gasteiger partial charge in [0.1, 0.15) is 5.60 Å². The highest BCUT2D eigenvalue weighted by Gasteiger charge is 2.32. The quantitative estimate of drug-likeness (QED) is 0.619. The van der Waals surface area contributed by atoms with Crippen LogP contribution in [-0.2, 0) is 9.53 Å². The van der Waals surface area contributed by atoms with Crippen molar-refractivity contribution in [1.29, 1.82) is 0 Å². The molecule has 0 aromatic carbocycles. The lowest BCUT2D eigenvalue weighted by atomic mass is 10.00. The minimum absolute atomic E-state index is 0.0636. The van der Waals surface area contributed by atoms with Gasteiger partial charge in [0.15, 0.2) is 0 Å². The molecule has 2 amide bonds. The molecule has 4 heteroatoms. The molecule has 1 saturated heterocycles. The molecule has 1 heterocycles. The van der Waals surface area contributed by atoms with E-state index in [0.717, 1.165) is 12.8 Å². The maximum absolute atomic E-state index is 11.7. The third-order valence-electron chi connectivity index (χ3n) is 2.32. The van der Waals surface area contributed by atoms with Crippen LogP contribution in [0.25, 0.3) is 0 Å². The van der Waals surface area contributed by atoms with E-state index in [4.69, 9.17) is 4.74 Å². The summed E-state index contributed by atoms with van der Waals surface area (Å²) in [7, 11) is 0. The average Bonchev–Trinajstić information content (AvgIpc) is 2.06. The van der Waals surface area contributed by atoms with E-state index in [9.17, 15) is 9.59 Å². The van der Waals surface area contributed by atoms with Crippen LogP contribution in [0, 0.1) is 5.92 Å². The molecule has 0 bridgehead atoms. The fourth-order valence-corrected chi connectivity index (χ4v) is 1.55. The Labute approximate surface area is 90.6 Å². The first-order valence-electron chi connectivity index (χ1n) is 5.35. The van der Waals surface area contributed by atoms with Crippen LogP contribution < -0.4 is 0 Å². The molecule has 0 spiro atoms. The Hall–Kier alpha value is -1.06. The molecule has 0 saturated carbocycles. The molecule has 1 fully saturated rings. The first kappa shape index (κ1) is 12.0. The van der Waals surface area contributed by atoms with Gasteiger partial charge in [0.2, 0.25) is 5.91 Å². The monoisotopic (exact) mass is 213 g/mol. The average molecular weight is 213 g/mol. The molecular weight excluding hydrogens is 194 g/mol. The Morgan fingerprint density at radius 2 is 2.07 bits per heavy atom. The normalized spacial score (nSPS) is 22.8. The number of amides is 2. The summed E-state index contributed by atoms with van der Waals surface area (Å²) < 4.78 is 5.16. The van der Waals surface area contributed by atoms with Crippen LogP contribution in [-0.4, -0.2) is 29.0 Å². The summed E-state index contributed by atoms with van der Waals surface area (Å²) in [5.74, 6) is -0.179. The maximum Gasteiger partial charge on any atom is 0.417 e. The molecule has 1 aliphatic heterocycles. The third-order valence-corrected chi connectivity index (χ3v) is 2.32. The molecular formula is C11H19NO3. The standard InChI is InChI=1S/C11H19NO3/c1-8-6-5-7-12(9(8)13)10(14)15-11(2,3)4/h8H,5-7H2,1-4H3. The van der Waals surface area contributed by atoms with E-state index in [1.54, 1.807) is 20.8 Å². The van der Waals surface area contributed by atoms with Crippen LogP contribution in [0.5, 0.6) is 0 Å². The van der Waals surface area contributed by atoms with Crippen LogP contribution in [0.3, 0.4) is 0 Å². The van der Waals surface area contributed by atoms with Gasteiger partial charge in [0, 0.05) is 12.5 Å². The SMILES string of the molecule is CC1CCCN(C(=O)OC(C)(C)C)C1=O.